The fourth-order valence-electron chi connectivity index (χ4n) is 3.64. The van der Waals surface area contributed by atoms with E-state index in [0.29, 0.717) is 11.6 Å². The van der Waals surface area contributed by atoms with Crippen LogP contribution in [0.4, 0.5) is 14.5 Å². The molecule has 0 radical (unpaired) electrons. The maximum atomic E-state index is 14.5. The molecule has 1 heterocycles. The van der Waals surface area contributed by atoms with Crippen LogP contribution in [-0.4, -0.2) is 28.3 Å². The topological polar surface area (TPSA) is 89.8 Å². The number of non-ortho nitro benzene ring substituents is 1. The molecule has 0 saturated heterocycles. The predicted molar refractivity (Wildman–Crippen MR) is 111 cm³/mol. The second-order valence-electron chi connectivity index (χ2n) is 7.21. The summed E-state index contributed by atoms with van der Waals surface area (Å²) in [5.41, 5.74) is 0.876. The molecule has 1 aliphatic heterocycles. The lowest BCUT2D eigenvalue weighted by atomic mass is 9.83. The van der Waals surface area contributed by atoms with Gasteiger partial charge in [-0.15, -0.1) is 0 Å². The van der Waals surface area contributed by atoms with Gasteiger partial charge in [0.2, 0.25) is 5.91 Å². The second-order valence-corrected chi connectivity index (χ2v) is 7.21. The summed E-state index contributed by atoms with van der Waals surface area (Å²) in [7, 11) is 0. The van der Waals surface area contributed by atoms with Crippen LogP contribution in [0, 0.1) is 21.7 Å². The lowest BCUT2D eigenvalue weighted by Crippen LogP contribution is -2.38. The fourth-order valence-corrected chi connectivity index (χ4v) is 3.64. The molecule has 2 aromatic rings. The minimum Gasteiger partial charge on any atom is -0.458 e. The van der Waals surface area contributed by atoms with E-state index in [1.165, 1.54) is 41.3 Å². The van der Waals surface area contributed by atoms with Gasteiger partial charge in [0, 0.05) is 36.2 Å². The molecule has 0 N–H and O–H groups in total. The Kier molecular flexibility index (Phi) is 6.77. The number of nitro benzene ring substituents is 1. The van der Waals surface area contributed by atoms with Gasteiger partial charge in [0.05, 0.1) is 17.0 Å². The van der Waals surface area contributed by atoms with E-state index >= 15 is 0 Å². The number of allylic oxidation sites excluding steroid dienone is 1. The Morgan fingerprint density at radius 2 is 1.97 bits per heavy atom. The van der Waals surface area contributed by atoms with E-state index in [0.717, 1.165) is 6.07 Å². The molecule has 0 bridgehead atoms. The average Bonchev–Trinajstić information content (AvgIpc) is 2.75. The van der Waals surface area contributed by atoms with Crippen LogP contribution in [0.15, 0.2) is 66.4 Å². The van der Waals surface area contributed by atoms with Crippen LogP contribution < -0.4 is 0 Å². The molecule has 1 amide bonds. The molecule has 2 aromatic carbocycles. The zero-order valence-electron chi connectivity index (χ0n) is 17.2. The van der Waals surface area contributed by atoms with Crippen LogP contribution in [0.1, 0.15) is 30.4 Å². The maximum absolute atomic E-state index is 14.5. The molecule has 0 fully saturated rings. The van der Waals surface area contributed by atoms with Gasteiger partial charge in [0.15, 0.2) is 0 Å². The summed E-state index contributed by atoms with van der Waals surface area (Å²) < 4.78 is 33.1. The van der Waals surface area contributed by atoms with Crippen molar-refractivity contribution in [3.8, 4) is 0 Å². The van der Waals surface area contributed by atoms with E-state index in [2.05, 4.69) is 6.58 Å². The van der Waals surface area contributed by atoms with Crippen molar-refractivity contribution in [1.29, 1.82) is 0 Å². The Hall–Kier alpha value is -3.88. The lowest BCUT2D eigenvalue weighted by Gasteiger charge is -2.34. The summed E-state index contributed by atoms with van der Waals surface area (Å²) >= 11 is 0. The Labute approximate surface area is 182 Å². The van der Waals surface area contributed by atoms with E-state index in [1.807, 2.05) is 0 Å². The van der Waals surface area contributed by atoms with Crippen molar-refractivity contribution in [1.82, 2.24) is 4.90 Å². The van der Waals surface area contributed by atoms with Gasteiger partial charge in [0.1, 0.15) is 18.2 Å². The highest BCUT2D eigenvalue weighted by Gasteiger charge is 2.38. The summed E-state index contributed by atoms with van der Waals surface area (Å²) in [6.07, 6.45) is 1.15. The van der Waals surface area contributed by atoms with Crippen LogP contribution in [0.25, 0.3) is 0 Å². The highest BCUT2D eigenvalue weighted by molar-refractivity contribution is 5.96. The molecule has 9 heteroatoms. The van der Waals surface area contributed by atoms with Crippen LogP contribution in [0.2, 0.25) is 0 Å². The number of ether oxygens (including phenoxy) is 1. The van der Waals surface area contributed by atoms with E-state index in [4.69, 9.17) is 4.74 Å². The van der Waals surface area contributed by atoms with Crippen LogP contribution >= 0.6 is 0 Å². The van der Waals surface area contributed by atoms with E-state index in [-0.39, 0.29) is 48.0 Å². The zero-order valence-corrected chi connectivity index (χ0v) is 17.2. The maximum Gasteiger partial charge on any atom is 0.336 e. The molecule has 0 aliphatic carbocycles. The zero-order chi connectivity index (χ0) is 23.4. The molecule has 1 aliphatic rings. The minimum absolute atomic E-state index is 0.0136. The standard InChI is InChI=1S/C23H20F2N2O5/c1-3-10-32-23(29)22-14(2)26(13-15-4-7-17(8-5-15)27(30)31)21(28)12-19(22)18-9-6-16(24)11-20(18)25/h3-9,11,19H,1,10,12-13H2,2H3. The Bertz CT molecular complexity index is 1110. The number of hydrogen-bond acceptors (Lipinski definition) is 5. The number of carbonyl (C=O) groups excluding carboxylic acids is 2. The molecule has 7 nitrogen and oxygen atoms in total. The number of benzene rings is 2. The number of rotatable bonds is 7. The van der Waals surface area contributed by atoms with Gasteiger partial charge in [-0.1, -0.05) is 30.9 Å². The predicted octanol–water partition coefficient (Wildman–Crippen LogP) is 4.39. The number of hydrogen-bond donors (Lipinski definition) is 0. The molecular weight excluding hydrogens is 422 g/mol. The second kappa shape index (κ2) is 9.51. The lowest BCUT2D eigenvalue weighted by molar-refractivity contribution is -0.384. The fraction of sp³-hybridized carbons (Fsp3) is 0.217. The van der Waals surface area contributed by atoms with Gasteiger partial charge < -0.3 is 9.64 Å². The van der Waals surface area contributed by atoms with Crippen molar-refractivity contribution in [3.63, 3.8) is 0 Å². The number of nitro groups is 1. The molecule has 0 saturated carbocycles. The number of amides is 1. The first kappa shape index (κ1) is 22.8. The monoisotopic (exact) mass is 442 g/mol. The first-order valence-electron chi connectivity index (χ1n) is 9.70. The molecule has 0 aromatic heterocycles. The van der Waals surface area contributed by atoms with Gasteiger partial charge >= 0.3 is 5.97 Å². The van der Waals surface area contributed by atoms with Gasteiger partial charge in [-0.25, -0.2) is 13.6 Å². The van der Waals surface area contributed by atoms with Crippen molar-refractivity contribution in [3.05, 3.63) is 99.3 Å². The van der Waals surface area contributed by atoms with Crippen molar-refractivity contribution < 1.29 is 28.0 Å². The number of esters is 1. The molecule has 166 valence electrons. The SMILES string of the molecule is C=CCOC(=O)C1=C(C)N(Cc2ccc([N+](=O)[O-])cc2)C(=O)CC1c1ccc(F)cc1F. The third kappa shape index (κ3) is 4.72. The average molecular weight is 442 g/mol. The van der Waals surface area contributed by atoms with Crippen molar-refractivity contribution >= 4 is 17.6 Å². The Morgan fingerprint density at radius 3 is 2.56 bits per heavy atom. The van der Waals surface area contributed by atoms with Crippen molar-refractivity contribution in [2.24, 2.45) is 0 Å². The van der Waals surface area contributed by atoms with Gasteiger partial charge in [-0.2, -0.15) is 0 Å². The summed E-state index contributed by atoms with van der Waals surface area (Å²) in [5, 5.41) is 10.9. The summed E-state index contributed by atoms with van der Waals surface area (Å²) in [6.45, 7) is 5.01. The first-order chi connectivity index (χ1) is 15.2. The van der Waals surface area contributed by atoms with Gasteiger partial charge in [-0.3, -0.25) is 14.9 Å². The number of nitrogens with zero attached hydrogens (tertiary/aromatic N) is 2. The summed E-state index contributed by atoms with van der Waals surface area (Å²) in [6, 6.07) is 8.64. The van der Waals surface area contributed by atoms with E-state index in [1.54, 1.807) is 6.92 Å². The molecule has 32 heavy (non-hydrogen) atoms. The van der Waals surface area contributed by atoms with Gasteiger partial charge in [0.25, 0.3) is 5.69 Å². The van der Waals surface area contributed by atoms with Gasteiger partial charge in [-0.05, 0) is 24.1 Å². The summed E-state index contributed by atoms with van der Waals surface area (Å²) in [4.78, 5) is 37.4. The molecular formula is C23H20F2N2O5. The highest BCUT2D eigenvalue weighted by atomic mass is 19.1. The Morgan fingerprint density at radius 1 is 1.28 bits per heavy atom. The first-order valence-corrected chi connectivity index (χ1v) is 9.70. The third-order valence-corrected chi connectivity index (χ3v) is 5.20. The van der Waals surface area contributed by atoms with Crippen LogP contribution in [0.5, 0.6) is 0 Å². The Balaban J connectivity index is 2.02. The highest BCUT2D eigenvalue weighted by Crippen LogP contribution is 2.39. The number of carbonyl (C=O) groups is 2. The molecule has 0 spiro atoms. The van der Waals surface area contributed by atoms with Crippen molar-refractivity contribution in [2.45, 2.75) is 25.8 Å². The number of halogens is 2. The van der Waals surface area contributed by atoms with E-state index in [9.17, 15) is 28.5 Å². The molecule has 3 rings (SSSR count). The van der Waals surface area contributed by atoms with Crippen molar-refractivity contribution in [2.75, 3.05) is 6.61 Å². The largest absolute Gasteiger partial charge is 0.458 e. The third-order valence-electron chi connectivity index (χ3n) is 5.20. The molecule has 1 unspecified atom stereocenters. The van der Waals surface area contributed by atoms with Crippen LogP contribution in [-0.2, 0) is 20.9 Å². The summed E-state index contributed by atoms with van der Waals surface area (Å²) in [5.74, 6) is -3.71. The van der Waals surface area contributed by atoms with Crippen LogP contribution in [0.3, 0.4) is 0 Å². The minimum atomic E-state index is -0.950. The van der Waals surface area contributed by atoms with E-state index < -0.39 is 28.4 Å². The molecule has 1 atom stereocenters. The quantitative estimate of drug-likeness (QED) is 0.275. The normalized spacial score (nSPS) is 16.2. The smallest absolute Gasteiger partial charge is 0.336 e.